The molecule has 3 atom stereocenters. The summed E-state index contributed by atoms with van der Waals surface area (Å²) in [5.74, 6) is -3.78. The number of amides is 3. The number of ether oxygens (including phenoxy) is 1. The summed E-state index contributed by atoms with van der Waals surface area (Å²) < 4.78 is 18.1. The van der Waals surface area contributed by atoms with E-state index >= 15 is 0 Å². The van der Waals surface area contributed by atoms with E-state index in [4.69, 9.17) is 16.3 Å². The van der Waals surface area contributed by atoms with Crippen molar-refractivity contribution in [1.29, 1.82) is 0 Å². The van der Waals surface area contributed by atoms with Crippen LogP contribution in [0.25, 0.3) is 0 Å². The predicted molar refractivity (Wildman–Crippen MR) is 97.7 cm³/mol. The number of rotatable bonds is 5. The third-order valence-corrected chi connectivity index (χ3v) is 5.07. The highest BCUT2D eigenvalue weighted by Gasteiger charge is 2.47. The number of likely N-dealkylation sites (tertiary alicyclic amines) is 1. The zero-order chi connectivity index (χ0) is 20.4. The smallest absolute Gasteiger partial charge is 0.326 e. The number of carbonyl (C=O) groups excluding carboxylic acids is 4. The van der Waals surface area contributed by atoms with Crippen molar-refractivity contribution in [2.45, 2.75) is 25.9 Å². The Balaban J connectivity index is 1.56. The van der Waals surface area contributed by atoms with Crippen LogP contribution in [-0.2, 0) is 23.9 Å². The maximum absolute atomic E-state index is 13.1. The van der Waals surface area contributed by atoms with Crippen LogP contribution in [-0.4, -0.2) is 41.2 Å². The average Bonchev–Trinajstić information content (AvgIpc) is 2.89. The predicted octanol–water partition coefficient (Wildman–Crippen LogP) is 2.30. The van der Waals surface area contributed by atoms with Gasteiger partial charge in [-0.1, -0.05) is 23.8 Å². The summed E-state index contributed by atoms with van der Waals surface area (Å²) in [7, 11) is 0. The molecule has 0 unspecified atom stereocenters. The molecule has 1 saturated heterocycles. The second kappa shape index (κ2) is 8.10. The van der Waals surface area contributed by atoms with Crippen molar-refractivity contribution in [2.24, 2.45) is 11.8 Å². The van der Waals surface area contributed by atoms with Gasteiger partial charge in [0.2, 0.25) is 11.8 Å². The zero-order valence-corrected chi connectivity index (χ0v) is 15.7. The molecule has 0 aromatic heterocycles. The number of nitrogens with one attached hydrogen (secondary N) is 1. The zero-order valence-electron chi connectivity index (χ0n) is 15.0. The van der Waals surface area contributed by atoms with Crippen molar-refractivity contribution < 1.29 is 28.3 Å². The fourth-order valence-electron chi connectivity index (χ4n) is 3.27. The first-order valence-corrected chi connectivity index (χ1v) is 9.11. The number of esters is 1. The Morgan fingerprint density at radius 2 is 1.86 bits per heavy atom. The van der Waals surface area contributed by atoms with Gasteiger partial charge < -0.3 is 10.1 Å². The molecule has 1 heterocycles. The molecule has 1 aromatic carbocycles. The average molecular weight is 409 g/mol. The van der Waals surface area contributed by atoms with Crippen LogP contribution in [0, 0.1) is 17.7 Å². The van der Waals surface area contributed by atoms with Crippen LogP contribution in [0.4, 0.5) is 10.1 Å². The highest BCUT2D eigenvalue weighted by molar-refractivity contribution is 6.33. The lowest BCUT2D eigenvalue weighted by Gasteiger charge is -2.17. The molecule has 2 aliphatic rings. The molecule has 1 fully saturated rings. The molecule has 1 aliphatic carbocycles. The summed E-state index contributed by atoms with van der Waals surface area (Å²) in [4.78, 5) is 49.9. The molecule has 1 N–H and O–H groups in total. The van der Waals surface area contributed by atoms with E-state index in [-0.39, 0.29) is 10.7 Å². The number of benzene rings is 1. The van der Waals surface area contributed by atoms with E-state index in [0.29, 0.717) is 12.8 Å². The Kier molecular flexibility index (Phi) is 5.79. The van der Waals surface area contributed by atoms with Gasteiger partial charge in [-0.3, -0.25) is 24.1 Å². The summed E-state index contributed by atoms with van der Waals surface area (Å²) >= 11 is 5.84. The van der Waals surface area contributed by atoms with Crippen molar-refractivity contribution in [3.05, 3.63) is 41.2 Å². The van der Waals surface area contributed by atoms with Crippen molar-refractivity contribution in [2.75, 3.05) is 11.9 Å². The van der Waals surface area contributed by atoms with E-state index in [1.165, 1.54) is 13.0 Å². The number of hydrogen-bond donors (Lipinski definition) is 1. The monoisotopic (exact) mass is 408 g/mol. The largest absolute Gasteiger partial charge is 0.451 e. The third kappa shape index (κ3) is 4.06. The first-order valence-electron chi connectivity index (χ1n) is 8.73. The first-order chi connectivity index (χ1) is 13.3. The summed E-state index contributed by atoms with van der Waals surface area (Å²) in [5.41, 5.74) is 0.164. The number of allylic oxidation sites excluding steroid dienone is 2. The SMILES string of the molecule is C[C@@H](OC(=O)CN1C(=O)[C@H]2CC=CC[C@@H]2C1=O)C(=O)Nc1ccc(F)cc1Cl. The van der Waals surface area contributed by atoms with Crippen molar-refractivity contribution >= 4 is 41.0 Å². The van der Waals surface area contributed by atoms with Crippen LogP contribution in [0.3, 0.4) is 0 Å². The molecule has 0 radical (unpaired) electrons. The molecule has 28 heavy (non-hydrogen) atoms. The van der Waals surface area contributed by atoms with Gasteiger partial charge in [-0.15, -0.1) is 0 Å². The second-order valence-electron chi connectivity index (χ2n) is 6.66. The minimum absolute atomic E-state index is 0.00338. The lowest BCUT2D eigenvalue weighted by Crippen LogP contribution is -2.39. The molecule has 7 nitrogen and oxygen atoms in total. The number of anilines is 1. The van der Waals surface area contributed by atoms with Crippen LogP contribution in [0.5, 0.6) is 0 Å². The Morgan fingerprint density at radius 1 is 1.25 bits per heavy atom. The van der Waals surface area contributed by atoms with Gasteiger partial charge in [0.15, 0.2) is 6.10 Å². The lowest BCUT2D eigenvalue weighted by atomic mass is 9.85. The van der Waals surface area contributed by atoms with Crippen molar-refractivity contribution in [1.82, 2.24) is 4.90 Å². The molecular formula is C19H18ClFN2O5. The van der Waals surface area contributed by atoms with Crippen molar-refractivity contribution in [3.63, 3.8) is 0 Å². The number of halogens is 2. The standard InChI is InChI=1S/C19H18ClFN2O5/c1-10(17(25)22-15-7-6-11(21)8-14(15)20)28-16(24)9-23-18(26)12-4-2-3-5-13(12)19(23)27/h2-3,6-8,10,12-13H,4-5,9H2,1H3,(H,22,25)/t10-,12+,13+/m1/s1. The summed E-state index contributed by atoms with van der Waals surface area (Å²) in [6, 6.07) is 3.44. The fourth-order valence-corrected chi connectivity index (χ4v) is 3.48. The normalized spacial score (nSPS) is 22.0. The van der Waals surface area contributed by atoms with Gasteiger partial charge in [0.05, 0.1) is 22.5 Å². The van der Waals surface area contributed by atoms with Crippen LogP contribution >= 0.6 is 11.6 Å². The fraction of sp³-hybridized carbons (Fsp3) is 0.368. The quantitative estimate of drug-likeness (QED) is 0.458. The van der Waals surface area contributed by atoms with Gasteiger partial charge in [0, 0.05) is 0 Å². The molecule has 3 rings (SSSR count). The van der Waals surface area contributed by atoms with E-state index in [9.17, 15) is 23.6 Å². The minimum atomic E-state index is -1.20. The van der Waals surface area contributed by atoms with Crippen molar-refractivity contribution in [3.8, 4) is 0 Å². The minimum Gasteiger partial charge on any atom is -0.451 e. The Morgan fingerprint density at radius 3 is 2.43 bits per heavy atom. The topological polar surface area (TPSA) is 92.8 Å². The number of imide groups is 1. The molecule has 0 spiro atoms. The lowest BCUT2D eigenvalue weighted by molar-refractivity contribution is -0.158. The first kappa shape index (κ1) is 20.0. The van der Waals surface area contributed by atoms with Crippen LogP contribution in [0.15, 0.2) is 30.4 Å². The molecule has 1 aromatic rings. The molecule has 9 heteroatoms. The maximum atomic E-state index is 13.1. The van der Waals surface area contributed by atoms with Crippen LogP contribution in [0.2, 0.25) is 5.02 Å². The number of hydrogen-bond acceptors (Lipinski definition) is 5. The third-order valence-electron chi connectivity index (χ3n) is 4.75. The maximum Gasteiger partial charge on any atom is 0.326 e. The van der Waals surface area contributed by atoms with E-state index < -0.39 is 54.0 Å². The molecular weight excluding hydrogens is 391 g/mol. The number of carbonyl (C=O) groups is 4. The van der Waals surface area contributed by atoms with Gasteiger partial charge in [-0.05, 0) is 38.0 Å². The van der Waals surface area contributed by atoms with Gasteiger partial charge in [-0.25, -0.2) is 4.39 Å². The van der Waals surface area contributed by atoms with Gasteiger partial charge in [0.25, 0.3) is 5.91 Å². The van der Waals surface area contributed by atoms with Gasteiger partial charge in [-0.2, -0.15) is 0 Å². The molecule has 3 amide bonds. The number of fused-ring (bicyclic) bond motifs is 1. The van der Waals surface area contributed by atoms with E-state index in [2.05, 4.69) is 5.32 Å². The molecule has 148 valence electrons. The van der Waals surface area contributed by atoms with E-state index in [1.54, 1.807) is 0 Å². The Labute approximate surface area is 165 Å². The summed E-state index contributed by atoms with van der Waals surface area (Å²) in [6.45, 7) is 0.793. The molecule has 0 bridgehead atoms. The Bertz CT molecular complexity index is 846. The highest BCUT2D eigenvalue weighted by atomic mass is 35.5. The Hall–Kier alpha value is -2.74. The van der Waals surface area contributed by atoms with Crippen LogP contribution in [0.1, 0.15) is 19.8 Å². The van der Waals surface area contributed by atoms with Gasteiger partial charge >= 0.3 is 5.97 Å². The molecule has 1 aliphatic heterocycles. The van der Waals surface area contributed by atoms with E-state index in [1.807, 2.05) is 12.2 Å². The molecule has 0 saturated carbocycles. The van der Waals surface area contributed by atoms with Gasteiger partial charge in [0.1, 0.15) is 12.4 Å². The van der Waals surface area contributed by atoms with E-state index in [0.717, 1.165) is 17.0 Å². The second-order valence-corrected chi connectivity index (χ2v) is 7.07. The van der Waals surface area contributed by atoms with Crippen LogP contribution < -0.4 is 5.32 Å². The summed E-state index contributed by atoms with van der Waals surface area (Å²) in [6.07, 6.45) is 3.43. The number of nitrogens with zero attached hydrogens (tertiary/aromatic N) is 1. The summed E-state index contributed by atoms with van der Waals surface area (Å²) in [5, 5.41) is 2.42. The highest BCUT2D eigenvalue weighted by Crippen LogP contribution is 2.34.